The molecule has 0 saturated heterocycles. The molecule has 0 aromatic heterocycles. The number of unbranched alkanes of at least 4 members (excludes halogenated alkanes) is 48. The number of rotatable bonds is 67. The van der Waals surface area contributed by atoms with Crippen LogP contribution in [0.3, 0.4) is 0 Å². The molecule has 0 heterocycles. The summed E-state index contributed by atoms with van der Waals surface area (Å²) in [7, 11) is 0. The molecule has 0 fully saturated rings. The van der Waals surface area contributed by atoms with Crippen LogP contribution in [0, 0.1) is 0 Å². The van der Waals surface area contributed by atoms with Gasteiger partial charge in [-0.05, 0) is 103 Å². The molecule has 0 aromatic carbocycles. The van der Waals surface area contributed by atoms with E-state index in [2.05, 4.69) is 69.4 Å². The van der Waals surface area contributed by atoms with E-state index in [9.17, 15) is 14.4 Å². The monoisotopic (exact) mass is 1140 g/mol. The van der Waals surface area contributed by atoms with Crippen molar-refractivity contribution in [3.8, 4) is 0 Å². The van der Waals surface area contributed by atoms with Gasteiger partial charge < -0.3 is 14.2 Å². The Morgan fingerprint density at radius 3 is 0.728 bits per heavy atom. The number of carbonyl (C=O) groups excluding carboxylic acids is 3. The Morgan fingerprint density at radius 2 is 0.444 bits per heavy atom. The highest BCUT2D eigenvalue weighted by molar-refractivity contribution is 5.71. The molecule has 6 nitrogen and oxygen atoms in total. The number of carbonyl (C=O) groups is 3. The fraction of sp³-hybridized carbons (Fsp3) is 0.853. The number of ether oxygens (including phenoxy) is 3. The van der Waals surface area contributed by atoms with Crippen LogP contribution in [0.15, 0.2) is 48.6 Å². The van der Waals surface area contributed by atoms with Gasteiger partial charge in [-0.1, -0.05) is 320 Å². The Kier molecular flexibility index (Phi) is 67.6. The van der Waals surface area contributed by atoms with Gasteiger partial charge in [-0.2, -0.15) is 0 Å². The highest BCUT2D eigenvalue weighted by Gasteiger charge is 2.19. The Morgan fingerprint density at radius 1 is 0.247 bits per heavy atom. The van der Waals surface area contributed by atoms with Crippen molar-refractivity contribution in [1.29, 1.82) is 0 Å². The number of hydrogen-bond donors (Lipinski definition) is 0. The molecule has 0 aliphatic carbocycles. The smallest absolute Gasteiger partial charge is 0.306 e. The standard InChI is InChI=1S/C75H138O6/c1-4-7-10-13-16-19-22-25-27-29-30-31-32-33-34-35-36-37-38-39-40-41-42-43-44-46-47-50-53-56-59-62-65-68-74(77)80-71-72(70-79-73(76)67-64-61-58-55-52-49-24-21-18-15-12-9-6-3)81-75(78)69-66-63-60-57-54-51-48-45-28-26-23-20-17-14-11-8-5-2/h17,20-21,24,26,28-30,72H,4-16,18-19,22-23,25,27,31-71H2,1-3H3/b20-17-,24-21-,28-26-,30-29-. The summed E-state index contributed by atoms with van der Waals surface area (Å²) in [5, 5.41) is 0. The van der Waals surface area contributed by atoms with Crippen LogP contribution in [-0.2, 0) is 28.6 Å². The second-order valence-corrected chi connectivity index (χ2v) is 24.5. The number of hydrogen-bond acceptors (Lipinski definition) is 6. The van der Waals surface area contributed by atoms with Gasteiger partial charge in [-0.25, -0.2) is 0 Å². The van der Waals surface area contributed by atoms with Crippen molar-refractivity contribution < 1.29 is 28.6 Å². The van der Waals surface area contributed by atoms with Gasteiger partial charge in [0.25, 0.3) is 0 Å². The van der Waals surface area contributed by atoms with E-state index in [0.717, 1.165) is 77.0 Å². The highest BCUT2D eigenvalue weighted by atomic mass is 16.6. The third kappa shape index (κ3) is 68.0. The Bertz CT molecular complexity index is 1400. The second kappa shape index (κ2) is 69.9. The molecule has 0 amide bonds. The minimum atomic E-state index is -0.780. The van der Waals surface area contributed by atoms with Crippen molar-refractivity contribution in [3.05, 3.63) is 48.6 Å². The van der Waals surface area contributed by atoms with Crippen LogP contribution in [0.1, 0.15) is 393 Å². The third-order valence-corrected chi connectivity index (χ3v) is 16.3. The summed E-state index contributed by atoms with van der Waals surface area (Å²) in [4.78, 5) is 38.4. The second-order valence-electron chi connectivity index (χ2n) is 24.5. The predicted molar refractivity (Wildman–Crippen MR) is 353 cm³/mol. The van der Waals surface area contributed by atoms with Gasteiger partial charge in [0.2, 0.25) is 0 Å². The topological polar surface area (TPSA) is 78.9 Å². The van der Waals surface area contributed by atoms with E-state index in [-0.39, 0.29) is 31.1 Å². The van der Waals surface area contributed by atoms with Gasteiger partial charge in [0.1, 0.15) is 13.2 Å². The Labute approximate surface area is 505 Å². The zero-order chi connectivity index (χ0) is 58.5. The van der Waals surface area contributed by atoms with E-state index in [1.807, 2.05) is 0 Å². The molecular weight excluding hydrogens is 997 g/mol. The maximum Gasteiger partial charge on any atom is 0.306 e. The predicted octanol–water partition coefficient (Wildman–Crippen LogP) is 24.9. The lowest BCUT2D eigenvalue weighted by Crippen LogP contribution is -2.30. The van der Waals surface area contributed by atoms with Crippen molar-refractivity contribution in [2.24, 2.45) is 0 Å². The van der Waals surface area contributed by atoms with Gasteiger partial charge in [0.15, 0.2) is 6.10 Å². The first kappa shape index (κ1) is 78.4. The van der Waals surface area contributed by atoms with Crippen LogP contribution in [-0.4, -0.2) is 37.2 Å². The van der Waals surface area contributed by atoms with Crippen molar-refractivity contribution in [2.75, 3.05) is 13.2 Å². The van der Waals surface area contributed by atoms with Gasteiger partial charge in [-0.3, -0.25) is 14.4 Å². The number of allylic oxidation sites excluding steroid dienone is 8. The van der Waals surface area contributed by atoms with E-state index in [0.29, 0.717) is 19.3 Å². The first-order chi connectivity index (χ1) is 40.0. The van der Waals surface area contributed by atoms with Crippen molar-refractivity contribution in [2.45, 2.75) is 399 Å². The lowest BCUT2D eigenvalue weighted by atomic mass is 10.0. The summed E-state index contributed by atoms with van der Waals surface area (Å²) in [5.74, 6) is -0.869. The fourth-order valence-corrected chi connectivity index (χ4v) is 10.8. The van der Waals surface area contributed by atoms with Crippen LogP contribution in [0.5, 0.6) is 0 Å². The van der Waals surface area contributed by atoms with Gasteiger partial charge in [0.05, 0.1) is 0 Å². The first-order valence-corrected chi connectivity index (χ1v) is 36.1. The summed E-state index contributed by atoms with van der Waals surface area (Å²) < 4.78 is 17.0. The fourth-order valence-electron chi connectivity index (χ4n) is 10.8. The summed E-state index contributed by atoms with van der Waals surface area (Å²) in [6.45, 7) is 6.64. The molecule has 0 aliphatic heterocycles. The molecule has 0 rings (SSSR count). The minimum absolute atomic E-state index is 0.0751. The Balaban J connectivity index is 4.12. The maximum atomic E-state index is 12.9. The molecule has 81 heavy (non-hydrogen) atoms. The molecule has 0 radical (unpaired) electrons. The molecule has 0 aliphatic rings. The molecule has 474 valence electrons. The van der Waals surface area contributed by atoms with Crippen molar-refractivity contribution in [3.63, 3.8) is 0 Å². The summed E-state index contributed by atoms with van der Waals surface area (Å²) >= 11 is 0. The van der Waals surface area contributed by atoms with Crippen LogP contribution >= 0.6 is 0 Å². The van der Waals surface area contributed by atoms with E-state index in [4.69, 9.17) is 14.2 Å². The van der Waals surface area contributed by atoms with Crippen molar-refractivity contribution in [1.82, 2.24) is 0 Å². The Hall–Kier alpha value is -2.63. The normalized spacial score (nSPS) is 12.3. The van der Waals surface area contributed by atoms with E-state index in [1.165, 1.54) is 276 Å². The molecule has 0 spiro atoms. The summed E-state index contributed by atoms with van der Waals surface area (Å²) in [6, 6.07) is 0. The lowest BCUT2D eigenvalue weighted by molar-refractivity contribution is -0.167. The first-order valence-electron chi connectivity index (χ1n) is 36.1. The quantitative estimate of drug-likeness (QED) is 0.0261. The molecule has 1 unspecified atom stereocenters. The van der Waals surface area contributed by atoms with Gasteiger partial charge in [0, 0.05) is 19.3 Å². The molecule has 0 saturated carbocycles. The zero-order valence-corrected chi connectivity index (χ0v) is 54.6. The van der Waals surface area contributed by atoms with Crippen molar-refractivity contribution >= 4 is 17.9 Å². The van der Waals surface area contributed by atoms with E-state index < -0.39 is 6.10 Å². The molecule has 0 aromatic rings. The number of esters is 3. The van der Waals surface area contributed by atoms with Crippen LogP contribution in [0.2, 0.25) is 0 Å². The van der Waals surface area contributed by atoms with E-state index in [1.54, 1.807) is 0 Å². The van der Waals surface area contributed by atoms with Crippen LogP contribution < -0.4 is 0 Å². The molecular formula is C75H138O6. The summed E-state index contributed by atoms with van der Waals surface area (Å²) in [5.41, 5.74) is 0. The lowest BCUT2D eigenvalue weighted by Gasteiger charge is -2.18. The molecule has 1 atom stereocenters. The zero-order valence-electron chi connectivity index (χ0n) is 54.6. The molecule has 6 heteroatoms. The van der Waals surface area contributed by atoms with Crippen LogP contribution in [0.25, 0.3) is 0 Å². The largest absolute Gasteiger partial charge is 0.462 e. The average molecular weight is 1140 g/mol. The van der Waals surface area contributed by atoms with E-state index >= 15 is 0 Å². The molecule has 0 N–H and O–H groups in total. The maximum absolute atomic E-state index is 12.9. The molecule has 0 bridgehead atoms. The average Bonchev–Trinajstić information content (AvgIpc) is 3.46. The SMILES string of the molecule is CCCCC/C=C\C/C=C\CCCCCCCCCC(=O)OC(COC(=O)CCCCCCC/C=C\CCCCCC)COC(=O)CCCCCCCCCCCCCCCCCCCCCCC/C=C\CCCCCCCCCC. The third-order valence-electron chi connectivity index (χ3n) is 16.3. The van der Waals surface area contributed by atoms with Gasteiger partial charge in [-0.15, -0.1) is 0 Å². The minimum Gasteiger partial charge on any atom is -0.462 e. The van der Waals surface area contributed by atoms with Crippen LogP contribution in [0.4, 0.5) is 0 Å². The summed E-state index contributed by atoms with van der Waals surface area (Å²) in [6.07, 6.45) is 88.7. The van der Waals surface area contributed by atoms with Gasteiger partial charge >= 0.3 is 17.9 Å². The highest BCUT2D eigenvalue weighted by Crippen LogP contribution is 2.18.